The predicted octanol–water partition coefficient (Wildman–Crippen LogP) is 2.20. The molecule has 5 nitrogen and oxygen atoms in total. The third-order valence-corrected chi connectivity index (χ3v) is 3.04. The van der Waals surface area contributed by atoms with Crippen LogP contribution in [0.3, 0.4) is 0 Å². The Morgan fingerprint density at radius 3 is 2.77 bits per heavy atom. The molecule has 0 bridgehead atoms. The van der Waals surface area contributed by atoms with Crippen molar-refractivity contribution in [2.45, 2.75) is 13.2 Å². The van der Waals surface area contributed by atoms with Crippen LogP contribution in [0.4, 0.5) is 8.78 Å². The minimum absolute atomic E-state index is 0.101. The first-order chi connectivity index (χ1) is 10.3. The van der Waals surface area contributed by atoms with E-state index in [1.807, 2.05) is 0 Å². The van der Waals surface area contributed by atoms with Crippen molar-refractivity contribution in [1.29, 1.82) is 0 Å². The fraction of sp³-hybridized carbons (Fsp3) is 0.286. The summed E-state index contributed by atoms with van der Waals surface area (Å²) in [4.78, 5) is 24.1. The van der Waals surface area contributed by atoms with Gasteiger partial charge in [-0.3, -0.25) is 9.59 Å². The number of carbonyl (C=O) groups excluding carboxylic acids is 2. The summed E-state index contributed by atoms with van der Waals surface area (Å²) in [5.41, 5.74) is 0.232. The number of hydrogen-bond acceptors (Lipinski definition) is 3. The molecular weight excluding hydrogens is 318 g/mol. The molecule has 0 unspecified atom stereocenters. The van der Waals surface area contributed by atoms with Crippen LogP contribution < -0.4 is 10.1 Å². The number of ether oxygens (including phenoxy) is 1. The summed E-state index contributed by atoms with van der Waals surface area (Å²) < 4.78 is 29.0. The topological polar surface area (TPSA) is 58.6 Å². The molecule has 1 aromatic rings. The maximum absolute atomic E-state index is 12.3. The van der Waals surface area contributed by atoms with E-state index in [1.54, 1.807) is 0 Å². The summed E-state index contributed by atoms with van der Waals surface area (Å²) in [6.07, 6.45) is 1.08. The van der Waals surface area contributed by atoms with Crippen LogP contribution in [0.1, 0.15) is 5.56 Å². The number of nitrogens with zero attached hydrogens (tertiary/aromatic N) is 1. The number of nitrogens with one attached hydrogen (secondary N) is 1. The van der Waals surface area contributed by atoms with Crippen molar-refractivity contribution in [2.24, 2.45) is 0 Å². The molecule has 0 heterocycles. The van der Waals surface area contributed by atoms with Gasteiger partial charge in [-0.15, -0.1) is 0 Å². The van der Waals surface area contributed by atoms with Crippen molar-refractivity contribution in [2.75, 3.05) is 13.6 Å². The summed E-state index contributed by atoms with van der Waals surface area (Å²) in [6, 6.07) is 4.28. The van der Waals surface area contributed by atoms with Crippen molar-refractivity contribution < 1.29 is 23.1 Å². The van der Waals surface area contributed by atoms with E-state index < -0.39 is 18.4 Å². The Balaban J connectivity index is 2.69. The SMILES string of the molecule is C=CC(=O)N(C)CC(=O)NCc1c(Cl)cccc1OC(F)F. The molecule has 0 atom stereocenters. The Labute approximate surface area is 131 Å². The van der Waals surface area contributed by atoms with Crippen molar-refractivity contribution in [3.63, 3.8) is 0 Å². The molecule has 8 heteroatoms. The van der Waals surface area contributed by atoms with Crippen LogP contribution in [-0.2, 0) is 16.1 Å². The Kier molecular flexibility index (Phi) is 6.78. The maximum Gasteiger partial charge on any atom is 0.387 e. The molecule has 0 spiro atoms. The van der Waals surface area contributed by atoms with Gasteiger partial charge in [-0.1, -0.05) is 24.2 Å². The van der Waals surface area contributed by atoms with Gasteiger partial charge in [-0.05, 0) is 18.2 Å². The molecule has 1 N–H and O–H groups in total. The monoisotopic (exact) mass is 332 g/mol. The van der Waals surface area contributed by atoms with Crippen LogP contribution in [0, 0.1) is 0 Å². The van der Waals surface area contributed by atoms with Crippen LogP contribution >= 0.6 is 11.6 Å². The van der Waals surface area contributed by atoms with Gasteiger partial charge in [0.25, 0.3) is 0 Å². The summed E-state index contributed by atoms with van der Waals surface area (Å²) in [5, 5.41) is 2.68. The molecule has 120 valence electrons. The standard InChI is InChI=1S/C14H15ClF2N2O3/c1-3-13(21)19(2)8-12(20)18-7-9-10(15)5-4-6-11(9)22-14(16)17/h3-6,14H,1,7-8H2,2H3,(H,18,20). The van der Waals surface area contributed by atoms with E-state index in [1.165, 1.54) is 25.2 Å². The first-order valence-corrected chi connectivity index (χ1v) is 6.59. The number of alkyl halides is 2. The van der Waals surface area contributed by atoms with Crippen LogP contribution in [0.2, 0.25) is 5.02 Å². The van der Waals surface area contributed by atoms with E-state index in [0.29, 0.717) is 0 Å². The summed E-state index contributed by atoms with van der Waals surface area (Å²) >= 11 is 5.92. The average Bonchev–Trinajstić information content (AvgIpc) is 2.45. The molecule has 2 amide bonds. The van der Waals surface area contributed by atoms with E-state index in [0.717, 1.165) is 11.0 Å². The number of carbonyl (C=O) groups is 2. The zero-order valence-corrected chi connectivity index (χ0v) is 12.6. The second-order valence-electron chi connectivity index (χ2n) is 4.27. The van der Waals surface area contributed by atoms with Crippen molar-refractivity contribution in [3.05, 3.63) is 41.4 Å². The van der Waals surface area contributed by atoms with Gasteiger partial charge in [-0.2, -0.15) is 8.78 Å². The first kappa shape index (κ1) is 17.9. The van der Waals surface area contributed by atoms with Crippen LogP contribution in [-0.4, -0.2) is 36.9 Å². The number of rotatable bonds is 7. The van der Waals surface area contributed by atoms with Gasteiger partial charge in [0.1, 0.15) is 5.75 Å². The predicted molar refractivity (Wildman–Crippen MR) is 77.8 cm³/mol. The van der Waals surface area contributed by atoms with Crippen molar-refractivity contribution in [1.82, 2.24) is 10.2 Å². The molecule has 0 aliphatic heterocycles. The van der Waals surface area contributed by atoms with Crippen LogP contribution in [0.5, 0.6) is 5.75 Å². The summed E-state index contributed by atoms with van der Waals surface area (Å²) in [6.45, 7) is 0.0147. The normalized spacial score (nSPS) is 10.2. The Bertz CT molecular complexity index is 567. The van der Waals surface area contributed by atoms with Gasteiger partial charge in [0, 0.05) is 24.2 Å². The highest BCUT2D eigenvalue weighted by molar-refractivity contribution is 6.31. The lowest BCUT2D eigenvalue weighted by atomic mass is 10.2. The van der Waals surface area contributed by atoms with E-state index >= 15 is 0 Å². The molecule has 1 rings (SSSR count). The molecule has 0 aliphatic carbocycles. The van der Waals surface area contributed by atoms with Gasteiger partial charge in [0.05, 0.1) is 6.54 Å². The number of amides is 2. The molecule has 0 radical (unpaired) electrons. The minimum Gasteiger partial charge on any atom is -0.434 e. The van der Waals surface area contributed by atoms with Gasteiger partial charge in [-0.25, -0.2) is 0 Å². The number of hydrogen-bond donors (Lipinski definition) is 1. The van der Waals surface area contributed by atoms with E-state index in [4.69, 9.17) is 11.6 Å². The fourth-order valence-electron chi connectivity index (χ4n) is 1.61. The lowest BCUT2D eigenvalue weighted by Gasteiger charge is -2.16. The minimum atomic E-state index is -3.00. The molecular formula is C14H15ClF2N2O3. The van der Waals surface area contributed by atoms with Gasteiger partial charge in [0.2, 0.25) is 11.8 Å². The van der Waals surface area contributed by atoms with Crippen molar-refractivity contribution >= 4 is 23.4 Å². The second-order valence-corrected chi connectivity index (χ2v) is 4.68. The number of benzene rings is 1. The molecule has 0 aliphatic rings. The van der Waals surface area contributed by atoms with E-state index in [9.17, 15) is 18.4 Å². The van der Waals surface area contributed by atoms with Crippen LogP contribution in [0.25, 0.3) is 0 Å². The zero-order chi connectivity index (χ0) is 16.7. The second kappa shape index (κ2) is 8.33. The van der Waals surface area contributed by atoms with Gasteiger partial charge >= 0.3 is 6.61 Å². The molecule has 0 saturated heterocycles. The largest absolute Gasteiger partial charge is 0.434 e. The third kappa shape index (κ3) is 5.33. The Hall–Kier alpha value is -2.15. The molecule has 0 fully saturated rings. The van der Waals surface area contributed by atoms with E-state index in [2.05, 4.69) is 16.6 Å². The van der Waals surface area contributed by atoms with Crippen molar-refractivity contribution in [3.8, 4) is 5.75 Å². The fourth-order valence-corrected chi connectivity index (χ4v) is 1.84. The maximum atomic E-state index is 12.3. The highest BCUT2D eigenvalue weighted by Crippen LogP contribution is 2.27. The highest BCUT2D eigenvalue weighted by atomic mass is 35.5. The lowest BCUT2D eigenvalue weighted by molar-refractivity contribution is -0.131. The Morgan fingerprint density at radius 2 is 2.18 bits per heavy atom. The summed E-state index contributed by atoms with van der Waals surface area (Å²) in [7, 11) is 1.43. The van der Waals surface area contributed by atoms with Gasteiger partial charge < -0.3 is 15.0 Å². The molecule has 22 heavy (non-hydrogen) atoms. The average molecular weight is 333 g/mol. The van der Waals surface area contributed by atoms with E-state index in [-0.39, 0.29) is 29.4 Å². The Morgan fingerprint density at radius 1 is 1.50 bits per heavy atom. The highest BCUT2D eigenvalue weighted by Gasteiger charge is 2.15. The first-order valence-electron chi connectivity index (χ1n) is 6.21. The quantitative estimate of drug-likeness (QED) is 0.779. The smallest absolute Gasteiger partial charge is 0.387 e. The zero-order valence-electron chi connectivity index (χ0n) is 11.8. The summed E-state index contributed by atoms with van der Waals surface area (Å²) in [5.74, 6) is -0.992. The van der Waals surface area contributed by atoms with Crippen LogP contribution in [0.15, 0.2) is 30.9 Å². The lowest BCUT2D eigenvalue weighted by Crippen LogP contribution is -2.37. The molecule has 1 aromatic carbocycles. The third-order valence-electron chi connectivity index (χ3n) is 2.69. The number of halogens is 3. The molecule has 0 saturated carbocycles. The number of likely N-dealkylation sites (N-methyl/N-ethyl adjacent to an activating group) is 1. The molecule has 0 aromatic heterocycles. The van der Waals surface area contributed by atoms with Gasteiger partial charge in [0.15, 0.2) is 0 Å².